The van der Waals surface area contributed by atoms with Crippen molar-refractivity contribution in [2.24, 2.45) is 7.05 Å². The number of anilines is 1. The van der Waals surface area contributed by atoms with Crippen molar-refractivity contribution in [1.29, 1.82) is 0 Å². The van der Waals surface area contributed by atoms with E-state index in [4.69, 9.17) is 5.73 Å². The lowest BCUT2D eigenvalue weighted by atomic mass is 10.0. The Morgan fingerprint density at radius 2 is 1.94 bits per heavy atom. The molecule has 0 saturated carbocycles. The molecule has 1 amide bonds. The fraction of sp³-hybridized carbons (Fsp3) is 0.115. The van der Waals surface area contributed by atoms with Gasteiger partial charge in [-0.25, -0.2) is 9.97 Å². The number of nitrogens with zero attached hydrogens (tertiary/aromatic N) is 5. The van der Waals surface area contributed by atoms with Crippen LogP contribution in [-0.2, 0) is 13.6 Å². The number of aryl methyl sites for hydroxylation is 2. The number of nitrogens with one attached hydrogen (secondary N) is 1. The molecular weight excluding hydrogens is 442 g/mol. The number of nitrogens with two attached hydrogens (primary N) is 1. The number of aromatic nitrogens is 5. The second kappa shape index (κ2) is 8.86. The predicted molar refractivity (Wildman–Crippen MR) is 133 cm³/mol. The Bertz CT molecular complexity index is 1580. The molecule has 35 heavy (non-hydrogen) atoms. The van der Waals surface area contributed by atoms with Crippen molar-refractivity contribution in [3.05, 3.63) is 83.8 Å². The number of rotatable bonds is 5. The van der Waals surface area contributed by atoms with Gasteiger partial charge >= 0.3 is 0 Å². The zero-order valence-corrected chi connectivity index (χ0v) is 19.2. The molecular formula is C26H23N7O2. The van der Waals surface area contributed by atoms with Gasteiger partial charge in [-0.05, 0) is 37.3 Å². The molecule has 0 bridgehead atoms. The van der Waals surface area contributed by atoms with Crippen molar-refractivity contribution < 1.29 is 9.90 Å². The Morgan fingerprint density at radius 1 is 1.09 bits per heavy atom. The first-order valence-corrected chi connectivity index (χ1v) is 11.0. The fourth-order valence-corrected chi connectivity index (χ4v) is 3.87. The molecule has 0 aliphatic carbocycles. The minimum absolute atomic E-state index is 0.00175. The highest BCUT2D eigenvalue weighted by Crippen LogP contribution is 2.31. The maximum Gasteiger partial charge on any atom is 0.274 e. The smallest absolute Gasteiger partial charge is 0.274 e. The lowest BCUT2D eigenvalue weighted by Gasteiger charge is -2.13. The molecule has 0 aliphatic rings. The van der Waals surface area contributed by atoms with Crippen LogP contribution in [0.3, 0.4) is 0 Å². The molecule has 0 aliphatic heterocycles. The van der Waals surface area contributed by atoms with E-state index in [1.54, 1.807) is 29.2 Å². The minimum Gasteiger partial charge on any atom is -0.508 e. The van der Waals surface area contributed by atoms with E-state index in [9.17, 15) is 9.90 Å². The molecule has 0 unspecified atom stereocenters. The van der Waals surface area contributed by atoms with Crippen LogP contribution in [0.15, 0.2) is 67.0 Å². The summed E-state index contributed by atoms with van der Waals surface area (Å²) in [6.07, 6.45) is 3.54. The average Bonchev–Trinajstić information content (AvgIpc) is 3.30. The summed E-state index contributed by atoms with van der Waals surface area (Å²) in [5.41, 5.74) is 10.9. The van der Waals surface area contributed by atoms with Crippen LogP contribution in [-0.4, -0.2) is 35.7 Å². The van der Waals surface area contributed by atoms with E-state index in [-0.39, 0.29) is 23.8 Å². The van der Waals surface area contributed by atoms with Gasteiger partial charge in [-0.1, -0.05) is 29.8 Å². The molecule has 9 heteroatoms. The quantitative estimate of drug-likeness (QED) is 0.361. The van der Waals surface area contributed by atoms with Crippen molar-refractivity contribution >= 4 is 22.6 Å². The Balaban J connectivity index is 1.57. The molecule has 0 spiro atoms. The van der Waals surface area contributed by atoms with Crippen LogP contribution >= 0.6 is 0 Å². The number of benzene rings is 2. The van der Waals surface area contributed by atoms with Gasteiger partial charge in [-0.15, -0.1) is 0 Å². The van der Waals surface area contributed by atoms with E-state index in [2.05, 4.69) is 25.4 Å². The van der Waals surface area contributed by atoms with E-state index in [0.717, 1.165) is 22.0 Å². The van der Waals surface area contributed by atoms with Gasteiger partial charge in [0.15, 0.2) is 11.5 Å². The third-order valence-corrected chi connectivity index (χ3v) is 5.64. The van der Waals surface area contributed by atoms with Gasteiger partial charge in [0.2, 0.25) is 0 Å². The number of hydrogen-bond donors (Lipinski definition) is 3. The average molecular weight is 466 g/mol. The number of aromatic hydroxyl groups is 1. The normalized spacial score (nSPS) is 11.0. The second-order valence-electron chi connectivity index (χ2n) is 8.26. The van der Waals surface area contributed by atoms with E-state index < -0.39 is 5.91 Å². The van der Waals surface area contributed by atoms with Gasteiger partial charge in [0.25, 0.3) is 5.91 Å². The molecule has 3 aromatic heterocycles. The molecule has 5 rings (SSSR count). The minimum atomic E-state index is -0.493. The highest BCUT2D eigenvalue weighted by molar-refractivity contribution is 5.98. The molecule has 0 atom stereocenters. The number of phenols is 1. The van der Waals surface area contributed by atoms with Crippen molar-refractivity contribution in [3.63, 3.8) is 0 Å². The number of carbonyl (C=O) groups excluding carboxylic acids is 1. The topological polar surface area (TPSA) is 132 Å². The summed E-state index contributed by atoms with van der Waals surface area (Å²) in [4.78, 5) is 26.6. The van der Waals surface area contributed by atoms with E-state index in [1.165, 1.54) is 0 Å². The molecule has 3 heterocycles. The van der Waals surface area contributed by atoms with Crippen LogP contribution in [0.4, 0.5) is 5.82 Å². The standard InChI is InChI=1S/C26H23N7O2/c1-15-5-8-21(34)18(12-15)14-29-26(35)24-25(27)31-23(20-9-11-33(2)32-20)22(30-24)17-6-7-19-16(13-17)4-3-10-28-19/h3-13,34H,14H2,1-2H3,(H2,27,31)(H,29,35). The number of carbonyl (C=O) groups is 1. The van der Waals surface area contributed by atoms with Crippen molar-refractivity contribution in [3.8, 4) is 28.4 Å². The van der Waals surface area contributed by atoms with Crippen molar-refractivity contribution in [2.75, 3.05) is 5.73 Å². The van der Waals surface area contributed by atoms with Crippen LogP contribution in [0.5, 0.6) is 5.75 Å². The van der Waals surface area contributed by atoms with Gasteiger partial charge in [0.05, 0.1) is 11.2 Å². The van der Waals surface area contributed by atoms with Crippen LogP contribution in [0, 0.1) is 6.92 Å². The summed E-state index contributed by atoms with van der Waals surface area (Å²) >= 11 is 0. The fourth-order valence-electron chi connectivity index (χ4n) is 3.87. The number of fused-ring (bicyclic) bond motifs is 1. The summed E-state index contributed by atoms with van der Waals surface area (Å²) in [7, 11) is 1.81. The lowest BCUT2D eigenvalue weighted by molar-refractivity contribution is 0.0946. The monoisotopic (exact) mass is 465 g/mol. The number of nitrogen functional groups attached to an aromatic ring is 1. The third kappa shape index (κ3) is 4.39. The zero-order chi connectivity index (χ0) is 24.5. The Hall–Kier alpha value is -4.79. The number of pyridine rings is 1. The SMILES string of the molecule is Cc1ccc(O)c(CNC(=O)c2nc(-c3ccc4ncccc4c3)c(-c3ccn(C)n3)nc2N)c1. The Labute approximate surface area is 201 Å². The summed E-state index contributed by atoms with van der Waals surface area (Å²) in [6, 6.07) is 16.6. The molecule has 2 aromatic carbocycles. The zero-order valence-electron chi connectivity index (χ0n) is 19.2. The first-order valence-electron chi connectivity index (χ1n) is 11.0. The summed E-state index contributed by atoms with van der Waals surface area (Å²) in [5.74, 6) is -0.402. The van der Waals surface area contributed by atoms with Gasteiger partial charge in [-0.2, -0.15) is 5.10 Å². The molecule has 174 valence electrons. The van der Waals surface area contributed by atoms with E-state index in [0.29, 0.717) is 22.6 Å². The Kier molecular flexibility index (Phi) is 5.58. The Morgan fingerprint density at radius 3 is 2.74 bits per heavy atom. The lowest BCUT2D eigenvalue weighted by Crippen LogP contribution is -2.26. The molecule has 9 nitrogen and oxygen atoms in total. The third-order valence-electron chi connectivity index (χ3n) is 5.64. The van der Waals surface area contributed by atoms with E-state index >= 15 is 0 Å². The van der Waals surface area contributed by atoms with Crippen LogP contribution in [0.25, 0.3) is 33.5 Å². The number of amides is 1. The maximum absolute atomic E-state index is 13.1. The summed E-state index contributed by atoms with van der Waals surface area (Å²) < 4.78 is 1.66. The van der Waals surface area contributed by atoms with Gasteiger partial charge in [-0.3, -0.25) is 14.5 Å². The van der Waals surface area contributed by atoms with Crippen molar-refractivity contribution in [1.82, 2.24) is 30.0 Å². The number of phenolic OH excluding ortho intramolecular Hbond substituents is 1. The van der Waals surface area contributed by atoms with Crippen LogP contribution in [0.2, 0.25) is 0 Å². The predicted octanol–water partition coefficient (Wildman–Crippen LogP) is 3.62. The first-order chi connectivity index (χ1) is 16.9. The summed E-state index contributed by atoms with van der Waals surface area (Å²) in [6.45, 7) is 2.03. The second-order valence-corrected chi connectivity index (χ2v) is 8.26. The first kappa shape index (κ1) is 22.0. The van der Waals surface area contributed by atoms with Crippen LogP contribution in [0.1, 0.15) is 21.6 Å². The molecule has 0 fully saturated rings. The largest absolute Gasteiger partial charge is 0.508 e. The maximum atomic E-state index is 13.1. The molecule has 4 N–H and O–H groups in total. The number of hydrogen-bond acceptors (Lipinski definition) is 7. The van der Waals surface area contributed by atoms with Gasteiger partial charge in [0.1, 0.15) is 17.1 Å². The highest BCUT2D eigenvalue weighted by Gasteiger charge is 2.21. The molecule has 5 aromatic rings. The highest BCUT2D eigenvalue weighted by atomic mass is 16.3. The molecule has 0 saturated heterocycles. The summed E-state index contributed by atoms with van der Waals surface area (Å²) in [5, 5.41) is 18.3. The molecule has 0 radical (unpaired) electrons. The van der Waals surface area contributed by atoms with Crippen molar-refractivity contribution in [2.45, 2.75) is 13.5 Å². The van der Waals surface area contributed by atoms with Gasteiger partial charge < -0.3 is 16.2 Å². The van der Waals surface area contributed by atoms with E-state index in [1.807, 2.05) is 56.4 Å². The van der Waals surface area contributed by atoms with Crippen LogP contribution < -0.4 is 11.1 Å². The van der Waals surface area contributed by atoms with Gasteiger partial charge in [0, 0.05) is 42.5 Å².